The minimum atomic E-state index is -0.357. The lowest BCUT2D eigenvalue weighted by molar-refractivity contribution is -0.100. The van der Waals surface area contributed by atoms with Gasteiger partial charge in [0.25, 0.3) is 11.5 Å². The summed E-state index contributed by atoms with van der Waals surface area (Å²) < 4.78 is 11.3. The van der Waals surface area contributed by atoms with Crippen LogP contribution < -0.4 is 5.56 Å². The van der Waals surface area contributed by atoms with Crippen LogP contribution >= 0.6 is 0 Å². The molecule has 0 spiro atoms. The zero-order valence-corrected chi connectivity index (χ0v) is 14.6. The normalized spacial score (nSPS) is 24.8. The summed E-state index contributed by atoms with van der Waals surface area (Å²) in [6.07, 6.45) is 7.73. The molecule has 1 aromatic heterocycles. The third-order valence-electron chi connectivity index (χ3n) is 5.59. The van der Waals surface area contributed by atoms with Crippen LogP contribution in [0, 0.1) is 0 Å². The molecule has 1 aliphatic carbocycles. The Morgan fingerprint density at radius 1 is 1.08 bits per heavy atom. The first-order chi connectivity index (χ1) is 12.2. The highest BCUT2D eigenvalue weighted by molar-refractivity contribution is 5.94. The number of carbonyl (C=O) groups is 1. The largest absolute Gasteiger partial charge is 0.348 e. The zero-order chi connectivity index (χ0) is 17.2. The van der Waals surface area contributed by atoms with E-state index in [9.17, 15) is 9.59 Å². The number of fused-ring (bicyclic) bond motifs is 1. The fourth-order valence-corrected chi connectivity index (χ4v) is 4.26. The number of nitrogens with zero attached hydrogens (tertiary/aromatic N) is 1. The first-order valence-electron chi connectivity index (χ1n) is 9.53. The zero-order valence-electron chi connectivity index (χ0n) is 14.6. The van der Waals surface area contributed by atoms with Crippen molar-refractivity contribution in [3.63, 3.8) is 0 Å². The monoisotopic (exact) mass is 346 g/mol. The van der Waals surface area contributed by atoms with E-state index in [1.807, 2.05) is 6.07 Å². The van der Waals surface area contributed by atoms with Crippen molar-refractivity contribution in [3.05, 3.63) is 33.2 Å². The Bertz CT molecular complexity index is 693. The van der Waals surface area contributed by atoms with Crippen LogP contribution in [-0.2, 0) is 22.3 Å². The SMILES string of the molecule is O=C(c1cc2c([nH]c1=O)CCCCC2)N1CCCC[C@H]1C1OCCO1. The van der Waals surface area contributed by atoms with Crippen molar-refractivity contribution in [1.29, 1.82) is 0 Å². The molecule has 2 saturated heterocycles. The quantitative estimate of drug-likeness (QED) is 0.832. The molecule has 0 radical (unpaired) electrons. The second-order valence-electron chi connectivity index (χ2n) is 7.25. The van der Waals surface area contributed by atoms with Crippen LogP contribution in [0.25, 0.3) is 0 Å². The number of H-pyrrole nitrogens is 1. The highest BCUT2D eigenvalue weighted by atomic mass is 16.7. The molecule has 6 heteroatoms. The van der Waals surface area contributed by atoms with Crippen molar-refractivity contribution in [1.82, 2.24) is 9.88 Å². The maximum absolute atomic E-state index is 13.2. The van der Waals surface area contributed by atoms with E-state index in [0.717, 1.165) is 56.2 Å². The van der Waals surface area contributed by atoms with Gasteiger partial charge in [-0.1, -0.05) is 6.42 Å². The van der Waals surface area contributed by atoms with Crippen LogP contribution in [0.4, 0.5) is 0 Å². The summed E-state index contributed by atoms with van der Waals surface area (Å²) in [4.78, 5) is 30.5. The summed E-state index contributed by atoms with van der Waals surface area (Å²) in [6, 6.07) is 1.74. The number of amides is 1. The average Bonchev–Trinajstić information content (AvgIpc) is 3.07. The first kappa shape index (κ1) is 16.8. The van der Waals surface area contributed by atoms with Crippen molar-refractivity contribution in [3.8, 4) is 0 Å². The van der Waals surface area contributed by atoms with E-state index in [2.05, 4.69) is 4.98 Å². The number of ether oxygens (including phenoxy) is 2. The van der Waals surface area contributed by atoms with Gasteiger partial charge in [-0.05, 0) is 56.6 Å². The third kappa shape index (κ3) is 3.37. The molecule has 136 valence electrons. The molecule has 3 heterocycles. The van der Waals surface area contributed by atoms with Crippen molar-refractivity contribution >= 4 is 5.91 Å². The van der Waals surface area contributed by atoms with Gasteiger partial charge >= 0.3 is 0 Å². The number of pyridine rings is 1. The number of hydrogen-bond donors (Lipinski definition) is 1. The molecule has 25 heavy (non-hydrogen) atoms. The molecule has 2 aliphatic heterocycles. The number of piperidine rings is 1. The second-order valence-corrected chi connectivity index (χ2v) is 7.25. The van der Waals surface area contributed by atoms with Gasteiger partial charge in [-0.2, -0.15) is 0 Å². The molecule has 4 rings (SSSR count). The Labute approximate surface area is 147 Å². The van der Waals surface area contributed by atoms with E-state index in [1.165, 1.54) is 6.42 Å². The Morgan fingerprint density at radius 2 is 1.88 bits per heavy atom. The fourth-order valence-electron chi connectivity index (χ4n) is 4.26. The Hall–Kier alpha value is -1.66. The van der Waals surface area contributed by atoms with Gasteiger partial charge in [0.1, 0.15) is 5.56 Å². The van der Waals surface area contributed by atoms with Gasteiger partial charge in [0.15, 0.2) is 6.29 Å². The maximum atomic E-state index is 13.2. The Balaban J connectivity index is 1.62. The van der Waals surface area contributed by atoms with E-state index < -0.39 is 0 Å². The predicted octanol–water partition coefficient (Wildman–Crippen LogP) is 2.01. The van der Waals surface area contributed by atoms with Crippen molar-refractivity contribution < 1.29 is 14.3 Å². The molecule has 2 fully saturated rings. The van der Waals surface area contributed by atoms with Gasteiger partial charge in [0.2, 0.25) is 0 Å². The number of nitrogens with one attached hydrogen (secondary N) is 1. The van der Waals surface area contributed by atoms with Crippen molar-refractivity contribution in [2.24, 2.45) is 0 Å². The number of carbonyl (C=O) groups excluding carboxylic acids is 1. The number of likely N-dealkylation sites (tertiary alicyclic amines) is 1. The number of aryl methyl sites for hydroxylation is 2. The van der Waals surface area contributed by atoms with Crippen molar-refractivity contribution in [2.75, 3.05) is 19.8 Å². The molecule has 0 aromatic carbocycles. The van der Waals surface area contributed by atoms with Crippen molar-refractivity contribution in [2.45, 2.75) is 63.7 Å². The molecule has 6 nitrogen and oxygen atoms in total. The summed E-state index contributed by atoms with van der Waals surface area (Å²) in [5.74, 6) is -0.183. The molecule has 3 aliphatic rings. The van der Waals surface area contributed by atoms with E-state index in [-0.39, 0.29) is 29.4 Å². The van der Waals surface area contributed by atoms with Crippen LogP contribution in [0.2, 0.25) is 0 Å². The van der Waals surface area contributed by atoms with E-state index in [4.69, 9.17) is 9.47 Å². The molecule has 0 bridgehead atoms. The minimum absolute atomic E-state index is 0.0954. The molecular weight excluding hydrogens is 320 g/mol. The van der Waals surface area contributed by atoms with E-state index in [0.29, 0.717) is 19.8 Å². The van der Waals surface area contributed by atoms with Crippen LogP contribution in [0.5, 0.6) is 0 Å². The summed E-state index contributed by atoms with van der Waals surface area (Å²) in [5.41, 5.74) is 2.15. The molecular formula is C19H26N2O4. The van der Waals surface area contributed by atoms with Gasteiger partial charge in [-0.25, -0.2) is 0 Å². The Morgan fingerprint density at radius 3 is 2.72 bits per heavy atom. The molecule has 1 amide bonds. The number of aromatic nitrogens is 1. The second kappa shape index (κ2) is 7.30. The smallest absolute Gasteiger partial charge is 0.261 e. The van der Waals surface area contributed by atoms with E-state index in [1.54, 1.807) is 4.90 Å². The Kier molecular flexibility index (Phi) is 4.90. The fraction of sp³-hybridized carbons (Fsp3) is 0.684. The standard InChI is InChI=1S/C19H26N2O4/c22-17-14(12-13-6-2-1-3-7-15(13)20-17)18(23)21-9-5-4-8-16(21)19-24-10-11-25-19/h12,16,19H,1-11H2,(H,20,22)/t16-/m0/s1. The van der Waals surface area contributed by atoms with Gasteiger partial charge in [-0.15, -0.1) is 0 Å². The average molecular weight is 346 g/mol. The van der Waals surface area contributed by atoms with Gasteiger partial charge in [-0.3, -0.25) is 9.59 Å². The van der Waals surface area contributed by atoms with E-state index >= 15 is 0 Å². The highest BCUT2D eigenvalue weighted by Gasteiger charge is 2.37. The molecule has 1 aromatic rings. The molecule has 0 unspecified atom stereocenters. The summed E-state index contributed by atoms with van der Waals surface area (Å²) in [7, 11) is 0. The molecule has 1 atom stereocenters. The first-order valence-corrected chi connectivity index (χ1v) is 9.53. The van der Waals surface area contributed by atoms with Crippen LogP contribution in [0.1, 0.15) is 60.1 Å². The molecule has 1 N–H and O–H groups in total. The predicted molar refractivity (Wildman–Crippen MR) is 92.7 cm³/mol. The molecule has 0 saturated carbocycles. The topological polar surface area (TPSA) is 71.6 Å². The maximum Gasteiger partial charge on any atom is 0.261 e. The van der Waals surface area contributed by atoms with Crippen LogP contribution in [0.15, 0.2) is 10.9 Å². The highest BCUT2D eigenvalue weighted by Crippen LogP contribution is 2.26. The lowest BCUT2D eigenvalue weighted by Gasteiger charge is -2.37. The van der Waals surface area contributed by atoms with Gasteiger partial charge < -0.3 is 19.4 Å². The number of rotatable bonds is 2. The van der Waals surface area contributed by atoms with Gasteiger partial charge in [0, 0.05) is 12.2 Å². The summed E-state index contributed by atoms with van der Waals surface area (Å²) >= 11 is 0. The third-order valence-corrected chi connectivity index (χ3v) is 5.59. The minimum Gasteiger partial charge on any atom is -0.348 e. The number of aromatic amines is 1. The summed E-state index contributed by atoms with van der Waals surface area (Å²) in [6.45, 7) is 1.80. The lowest BCUT2D eigenvalue weighted by atomic mass is 9.99. The van der Waals surface area contributed by atoms with Crippen LogP contribution in [0.3, 0.4) is 0 Å². The lowest BCUT2D eigenvalue weighted by Crippen LogP contribution is -2.51. The number of hydrogen-bond acceptors (Lipinski definition) is 4. The van der Waals surface area contributed by atoms with Gasteiger partial charge in [0.05, 0.1) is 19.3 Å². The summed E-state index contributed by atoms with van der Waals surface area (Å²) in [5, 5.41) is 0. The van der Waals surface area contributed by atoms with Crippen LogP contribution in [-0.4, -0.2) is 47.9 Å².